The second kappa shape index (κ2) is 5.35. The fraction of sp³-hybridized carbons (Fsp3) is 0.294. The number of nitrogens with zero attached hydrogens (tertiary/aromatic N) is 1. The second-order valence-electron chi connectivity index (χ2n) is 5.28. The highest BCUT2D eigenvalue weighted by Gasteiger charge is 2.18. The average Bonchev–Trinajstić information content (AvgIpc) is 2.34. The Labute approximate surface area is 114 Å². The standard InChI is InChI=1S/C17H19NO/c1-11(2)15-10-16(13(4)9-17(15)19)18-14-7-5-12(3)6-8-14/h5-11H,1-4H3. The first-order chi connectivity index (χ1) is 8.97. The van der Waals surface area contributed by atoms with E-state index >= 15 is 0 Å². The molecule has 0 spiro atoms. The molecular formula is C17H19NO. The van der Waals surface area contributed by atoms with Gasteiger partial charge in [-0.3, -0.25) is 4.79 Å². The van der Waals surface area contributed by atoms with E-state index in [2.05, 4.69) is 11.9 Å². The van der Waals surface area contributed by atoms with Crippen molar-refractivity contribution in [2.24, 2.45) is 10.9 Å². The van der Waals surface area contributed by atoms with Gasteiger partial charge in [-0.05, 0) is 49.6 Å². The van der Waals surface area contributed by atoms with Gasteiger partial charge < -0.3 is 0 Å². The van der Waals surface area contributed by atoms with Crippen molar-refractivity contribution < 1.29 is 4.79 Å². The molecule has 0 aliphatic heterocycles. The molecule has 0 heterocycles. The minimum atomic E-state index is 0.107. The monoisotopic (exact) mass is 253 g/mol. The molecule has 0 saturated carbocycles. The lowest BCUT2D eigenvalue weighted by Gasteiger charge is -2.15. The maximum Gasteiger partial charge on any atom is 0.182 e. The molecule has 0 radical (unpaired) electrons. The number of carbonyl (C=O) groups is 1. The second-order valence-corrected chi connectivity index (χ2v) is 5.28. The third-order valence-corrected chi connectivity index (χ3v) is 3.23. The number of allylic oxidation sites excluding steroid dienone is 4. The summed E-state index contributed by atoms with van der Waals surface area (Å²) in [5, 5.41) is 0. The SMILES string of the molecule is CC1=CC(=O)C(C(C)C)=CC1=Nc1ccc(C)cc1. The van der Waals surface area contributed by atoms with Gasteiger partial charge in [0.2, 0.25) is 0 Å². The Balaban J connectivity index is 2.40. The van der Waals surface area contributed by atoms with Crippen LogP contribution in [0.3, 0.4) is 0 Å². The Morgan fingerprint density at radius 3 is 2.21 bits per heavy atom. The van der Waals surface area contributed by atoms with Crippen molar-refractivity contribution in [2.45, 2.75) is 27.7 Å². The molecule has 0 saturated heterocycles. The van der Waals surface area contributed by atoms with Gasteiger partial charge in [0.05, 0.1) is 11.4 Å². The fourth-order valence-corrected chi connectivity index (χ4v) is 2.02. The predicted molar refractivity (Wildman–Crippen MR) is 80.0 cm³/mol. The number of aliphatic imine (C=N–C) groups is 1. The van der Waals surface area contributed by atoms with Gasteiger partial charge in [-0.1, -0.05) is 31.5 Å². The molecule has 0 bridgehead atoms. The van der Waals surface area contributed by atoms with Crippen LogP contribution in [0.4, 0.5) is 5.69 Å². The normalized spacial score (nSPS) is 17.7. The summed E-state index contributed by atoms with van der Waals surface area (Å²) in [6.07, 6.45) is 3.60. The van der Waals surface area contributed by atoms with Crippen LogP contribution >= 0.6 is 0 Å². The van der Waals surface area contributed by atoms with Gasteiger partial charge in [-0.2, -0.15) is 0 Å². The number of hydrogen-bond donors (Lipinski definition) is 0. The van der Waals surface area contributed by atoms with Crippen LogP contribution in [0.2, 0.25) is 0 Å². The van der Waals surface area contributed by atoms with Gasteiger partial charge in [0.1, 0.15) is 0 Å². The molecular weight excluding hydrogens is 234 g/mol. The maximum absolute atomic E-state index is 11.9. The van der Waals surface area contributed by atoms with Gasteiger partial charge in [0, 0.05) is 5.57 Å². The van der Waals surface area contributed by atoms with E-state index in [1.165, 1.54) is 5.56 Å². The van der Waals surface area contributed by atoms with Crippen LogP contribution in [-0.4, -0.2) is 11.5 Å². The van der Waals surface area contributed by atoms with Crippen LogP contribution in [-0.2, 0) is 4.79 Å². The molecule has 0 N–H and O–H groups in total. The highest BCUT2D eigenvalue weighted by atomic mass is 16.1. The summed E-state index contributed by atoms with van der Waals surface area (Å²) in [7, 11) is 0. The van der Waals surface area contributed by atoms with Crippen LogP contribution < -0.4 is 0 Å². The Bertz CT molecular complexity index is 586. The molecule has 98 valence electrons. The lowest BCUT2D eigenvalue weighted by molar-refractivity contribution is -0.111. The summed E-state index contributed by atoms with van der Waals surface area (Å²) in [5.41, 5.74) is 4.77. The molecule has 2 heteroatoms. The topological polar surface area (TPSA) is 29.4 Å². The van der Waals surface area contributed by atoms with E-state index in [0.29, 0.717) is 0 Å². The molecule has 0 fully saturated rings. The molecule has 0 amide bonds. The molecule has 1 aliphatic carbocycles. The van der Waals surface area contributed by atoms with Crippen molar-refractivity contribution in [3.63, 3.8) is 0 Å². The number of ketones is 1. The molecule has 1 aliphatic rings. The summed E-state index contributed by atoms with van der Waals surface area (Å²) < 4.78 is 0. The van der Waals surface area contributed by atoms with Gasteiger partial charge in [0.15, 0.2) is 5.78 Å². The first-order valence-corrected chi connectivity index (χ1v) is 6.57. The first kappa shape index (κ1) is 13.5. The van der Waals surface area contributed by atoms with Crippen molar-refractivity contribution in [1.29, 1.82) is 0 Å². The van der Waals surface area contributed by atoms with E-state index in [1.54, 1.807) is 6.08 Å². The minimum absolute atomic E-state index is 0.107. The summed E-state index contributed by atoms with van der Waals surface area (Å²) in [5.74, 6) is 0.329. The quantitative estimate of drug-likeness (QED) is 0.727. The fourth-order valence-electron chi connectivity index (χ4n) is 2.02. The van der Waals surface area contributed by atoms with Gasteiger partial charge >= 0.3 is 0 Å². The van der Waals surface area contributed by atoms with Crippen molar-refractivity contribution in [3.05, 3.63) is 53.1 Å². The van der Waals surface area contributed by atoms with E-state index in [9.17, 15) is 4.79 Å². The third-order valence-electron chi connectivity index (χ3n) is 3.23. The maximum atomic E-state index is 11.9. The molecule has 0 unspecified atom stereocenters. The van der Waals surface area contributed by atoms with Crippen LogP contribution in [0.1, 0.15) is 26.3 Å². The Morgan fingerprint density at radius 2 is 1.63 bits per heavy atom. The smallest absolute Gasteiger partial charge is 0.182 e. The van der Waals surface area contributed by atoms with Crippen LogP contribution in [0, 0.1) is 12.8 Å². The van der Waals surface area contributed by atoms with E-state index in [0.717, 1.165) is 22.5 Å². The molecule has 2 rings (SSSR count). The van der Waals surface area contributed by atoms with Gasteiger partial charge in [-0.15, -0.1) is 0 Å². The zero-order chi connectivity index (χ0) is 14.0. The van der Waals surface area contributed by atoms with E-state index in [-0.39, 0.29) is 11.7 Å². The van der Waals surface area contributed by atoms with E-state index in [1.807, 2.05) is 51.1 Å². The van der Waals surface area contributed by atoms with Crippen molar-refractivity contribution >= 4 is 17.2 Å². The van der Waals surface area contributed by atoms with Crippen molar-refractivity contribution in [2.75, 3.05) is 0 Å². The average molecular weight is 253 g/mol. The van der Waals surface area contributed by atoms with Gasteiger partial charge in [-0.25, -0.2) is 4.99 Å². The first-order valence-electron chi connectivity index (χ1n) is 6.57. The lowest BCUT2D eigenvalue weighted by atomic mass is 9.90. The number of benzene rings is 1. The van der Waals surface area contributed by atoms with E-state index in [4.69, 9.17) is 0 Å². The number of carbonyl (C=O) groups excluding carboxylic acids is 1. The van der Waals surface area contributed by atoms with Crippen molar-refractivity contribution in [1.82, 2.24) is 0 Å². The largest absolute Gasteiger partial charge is 0.290 e. The molecule has 0 aromatic heterocycles. The zero-order valence-electron chi connectivity index (χ0n) is 11.9. The van der Waals surface area contributed by atoms with Crippen molar-refractivity contribution in [3.8, 4) is 0 Å². The summed E-state index contributed by atoms with van der Waals surface area (Å²) in [4.78, 5) is 16.5. The van der Waals surface area contributed by atoms with Crippen LogP contribution in [0.5, 0.6) is 0 Å². The highest BCUT2D eigenvalue weighted by Crippen LogP contribution is 2.22. The Morgan fingerprint density at radius 1 is 1.00 bits per heavy atom. The molecule has 1 aromatic rings. The minimum Gasteiger partial charge on any atom is -0.290 e. The molecule has 2 nitrogen and oxygen atoms in total. The van der Waals surface area contributed by atoms with E-state index < -0.39 is 0 Å². The number of hydrogen-bond acceptors (Lipinski definition) is 2. The highest BCUT2D eigenvalue weighted by molar-refractivity contribution is 6.22. The van der Waals surface area contributed by atoms with Crippen LogP contribution in [0.25, 0.3) is 0 Å². The number of aryl methyl sites for hydroxylation is 1. The van der Waals surface area contributed by atoms with Gasteiger partial charge in [0.25, 0.3) is 0 Å². The predicted octanol–water partition coefficient (Wildman–Crippen LogP) is 4.18. The lowest BCUT2D eigenvalue weighted by Crippen LogP contribution is -2.15. The summed E-state index contributed by atoms with van der Waals surface area (Å²) in [6, 6.07) is 8.07. The third kappa shape index (κ3) is 3.08. The Kier molecular flexibility index (Phi) is 3.79. The molecule has 0 atom stereocenters. The molecule has 1 aromatic carbocycles. The molecule has 19 heavy (non-hydrogen) atoms. The number of rotatable bonds is 2. The van der Waals surface area contributed by atoms with Crippen LogP contribution in [0.15, 0.2) is 52.6 Å². The summed E-state index contributed by atoms with van der Waals surface area (Å²) in [6.45, 7) is 8.04. The zero-order valence-corrected chi connectivity index (χ0v) is 11.9. The Hall–Kier alpha value is -1.96. The summed E-state index contributed by atoms with van der Waals surface area (Å²) >= 11 is 0.